The lowest BCUT2D eigenvalue weighted by atomic mass is 10.1. The van der Waals surface area contributed by atoms with Gasteiger partial charge in [-0.25, -0.2) is 4.98 Å². The van der Waals surface area contributed by atoms with Crippen LogP contribution in [0.1, 0.15) is 44.9 Å². The Morgan fingerprint density at radius 3 is 1.87 bits per heavy atom. The van der Waals surface area contributed by atoms with Crippen LogP contribution in [-0.4, -0.2) is 46.0 Å². The van der Waals surface area contributed by atoms with Gasteiger partial charge >= 0.3 is 0 Å². The van der Waals surface area contributed by atoms with Gasteiger partial charge in [0.15, 0.2) is 0 Å². The zero-order chi connectivity index (χ0) is 22.5. The highest BCUT2D eigenvalue weighted by atomic mass is 15.3. The Hall–Kier alpha value is -2.99. The number of benzene rings is 2. The minimum Gasteiger partial charge on any atom is -0.369 e. The summed E-state index contributed by atoms with van der Waals surface area (Å²) >= 11 is 0. The normalized spacial score (nSPS) is 13.5. The molecule has 0 radical (unpaired) electrons. The summed E-state index contributed by atoms with van der Waals surface area (Å²) in [6, 6.07) is 20.7. The van der Waals surface area contributed by atoms with E-state index < -0.39 is 0 Å². The molecule has 0 bridgehead atoms. The van der Waals surface area contributed by atoms with E-state index in [-0.39, 0.29) is 0 Å². The Kier molecular flexibility index (Phi) is 10.4. The molecule has 0 spiro atoms. The van der Waals surface area contributed by atoms with Crippen molar-refractivity contribution in [1.82, 2.24) is 19.9 Å². The predicted molar refractivity (Wildman–Crippen MR) is 130 cm³/mol. The highest BCUT2D eigenvalue weighted by Gasteiger charge is 2.18. The van der Waals surface area contributed by atoms with Gasteiger partial charge < -0.3 is 10.6 Å². The molecular weight excluding hydrogens is 384 g/mol. The van der Waals surface area contributed by atoms with Crippen LogP contribution in [0, 0.1) is 0 Å². The zero-order valence-corrected chi connectivity index (χ0v) is 19.3. The standard InChI is InChI=1S/C21H24N6.2C2H6/c22-21-24-19(15-17-7-3-1-4-8-17)23-20(25-21)16-26-11-13-27(14-12-26)18-9-5-2-6-10-18;2*1-2/h1-10H,11-16H2,(H2,22,23,24,25);2*1-2H3. The fraction of sp³-hybridized carbons (Fsp3) is 0.400. The van der Waals surface area contributed by atoms with E-state index in [2.05, 4.69) is 67.2 Å². The number of hydrogen-bond acceptors (Lipinski definition) is 6. The molecule has 6 heteroatoms. The molecule has 1 aliphatic rings. The third-order valence-electron chi connectivity index (χ3n) is 4.81. The Morgan fingerprint density at radius 2 is 1.26 bits per heavy atom. The molecular formula is C25H36N6. The number of rotatable bonds is 5. The average Bonchev–Trinajstić information content (AvgIpc) is 2.83. The molecule has 0 saturated carbocycles. The maximum absolute atomic E-state index is 5.93. The van der Waals surface area contributed by atoms with Crippen LogP contribution in [0.3, 0.4) is 0 Å². The molecule has 1 fully saturated rings. The van der Waals surface area contributed by atoms with Crippen LogP contribution in [0.4, 0.5) is 11.6 Å². The molecule has 166 valence electrons. The zero-order valence-electron chi connectivity index (χ0n) is 19.3. The summed E-state index contributed by atoms with van der Waals surface area (Å²) in [5.41, 5.74) is 8.38. The number of aromatic nitrogens is 3. The van der Waals surface area contributed by atoms with Gasteiger partial charge in [-0.15, -0.1) is 0 Å². The molecule has 4 rings (SSSR count). The van der Waals surface area contributed by atoms with Crippen molar-refractivity contribution in [3.8, 4) is 0 Å². The molecule has 31 heavy (non-hydrogen) atoms. The fourth-order valence-corrected chi connectivity index (χ4v) is 3.42. The summed E-state index contributed by atoms with van der Waals surface area (Å²) in [5, 5.41) is 0. The fourth-order valence-electron chi connectivity index (χ4n) is 3.42. The number of para-hydroxylation sites is 1. The average molecular weight is 421 g/mol. The Balaban J connectivity index is 0.000000807. The highest BCUT2D eigenvalue weighted by Crippen LogP contribution is 2.16. The molecule has 0 aliphatic carbocycles. The molecule has 6 nitrogen and oxygen atoms in total. The predicted octanol–water partition coefficient (Wildman–Crippen LogP) is 4.42. The molecule has 0 unspecified atom stereocenters. The molecule has 1 aliphatic heterocycles. The van der Waals surface area contributed by atoms with Crippen LogP contribution in [0.2, 0.25) is 0 Å². The van der Waals surface area contributed by atoms with Crippen molar-refractivity contribution in [3.05, 3.63) is 77.9 Å². The molecule has 1 aromatic heterocycles. The number of nitrogens with zero attached hydrogens (tertiary/aromatic N) is 5. The second-order valence-corrected chi connectivity index (χ2v) is 6.79. The molecule has 2 aromatic carbocycles. The monoisotopic (exact) mass is 420 g/mol. The van der Waals surface area contributed by atoms with Crippen molar-refractivity contribution in [2.45, 2.75) is 40.7 Å². The van der Waals surface area contributed by atoms with Gasteiger partial charge in [-0.3, -0.25) is 4.90 Å². The van der Waals surface area contributed by atoms with Crippen LogP contribution in [-0.2, 0) is 13.0 Å². The maximum Gasteiger partial charge on any atom is 0.223 e. The van der Waals surface area contributed by atoms with Gasteiger partial charge in [0.1, 0.15) is 11.6 Å². The molecule has 2 N–H and O–H groups in total. The van der Waals surface area contributed by atoms with E-state index >= 15 is 0 Å². The van der Waals surface area contributed by atoms with E-state index in [4.69, 9.17) is 5.73 Å². The van der Waals surface area contributed by atoms with Gasteiger partial charge in [0.05, 0.1) is 6.54 Å². The summed E-state index contributed by atoms with van der Waals surface area (Å²) in [6.45, 7) is 12.7. The summed E-state index contributed by atoms with van der Waals surface area (Å²) < 4.78 is 0. The van der Waals surface area contributed by atoms with Crippen molar-refractivity contribution in [2.24, 2.45) is 0 Å². The van der Waals surface area contributed by atoms with Crippen molar-refractivity contribution >= 4 is 11.6 Å². The minimum atomic E-state index is 0.300. The van der Waals surface area contributed by atoms with Crippen molar-refractivity contribution in [2.75, 3.05) is 36.8 Å². The third kappa shape index (κ3) is 7.64. The molecule has 2 heterocycles. The number of hydrogen-bond donors (Lipinski definition) is 1. The van der Waals surface area contributed by atoms with Gasteiger partial charge in [-0.05, 0) is 17.7 Å². The van der Waals surface area contributed by atoms with Crippen LogP contribution < -0.4 is 10.6 Å². The number of nitrogens with two attached hydrogens (primary N) is 1. The first-order valence-electron chi connectivity index (χ1n) is 11.3. The van der Waals surface area contributed by atoms with Crippen LogP contribution in [0.25, 0.3) is 0 Å². The van der Waals surface area contributed by atoms with E-state index in [9.17, 15) is 0 Å². The Labute approximate surface area is 187 Å². The summed E-state index contributed by atoms with van der Waals surface area (Å²) in [6.07, 6.45) is 0.669. The van der Waals surface area contributed by atoms with Crippen molar-refractivity contribution < 1.29 is 0 Å². The Morgan fingerprint density at radius 1 is 0.710 bits per heavy atom. The van der Waals surface area contributed by atoms with Crippen molar-refractivity contribution in [3.63, 3.8) is 0 Å². The summed E-state index contributed by atoms with van der Waals surface area (Å²) in [5.74, 6) is 1.78. The first kappa shape index (κ1) is 24.3. The smallest absolute Gasteiger partial charge is 0.223 e. The number of piperazine rings is 1. The lowest BCUT2D eigenvalue weighted by Crippen LogP contribution is -2.46. The summed E-state index contributed by atoms with van der Waals surface area (Å²) in [4.78, 5) is 18.1. The van der Waals surface area contributed by atoms with E-state index in [0.717, 1.165) is 37.8 Å². The van der Waals surface area contributed by atoms with Gasteiger partial charge in [-0.2, -0.15) is 9.97 Å². The second-order valence-electron chi connectivity index (χ2n) is 6.79. The second kappa shape index (κ2) is 13.3. The highest BCUT2D eigenvalue weighted by molar-refractivity contribution is 5.46. The lowest BCUT2D eigenvalue weighted by Gasteiger charge is -2.35. The Bertz CT molecular complexity index is 862. The first-order valence-corrected chi connectivity index (χ1v) is 11.3. The van der Waals surface area contributed by atoms with Crippen LogP contribution in [0.15, 0.2) is 60.7 Å². The quantitative estimate of drug-likeness (QED) is 0.659. The molecule has 0 amide bonds. The van der Waals surface area contributed by atoms with Crippen molar-refractivity contribution in [1.29, 1.82) is 0 Å². The van der Waals surface area contributed by atoms with Gasteiger partial charge in [-0.1, -0.05) is 76.2 Å². The van der Waals surface area contributed by atoms with E-state index in [0.29, 0.717) is 18.9 Å². The molecule has 1 saturated heterocycles. The SMILES string of the molecule is CC.CC.Nc1nc(Cc2ccccc2)nc(CN2CCN(c3ccccc3)CC2)n1. The van der Waals surface area contributed by atoms with E-state index in [1.54, 1.807) is 0 Å². The first-order chi connectivity index (χ1) is 15.3. The molecule has 0 atom stereocenters. The lowest BCUT2D eigenvalue weighted by molar-refractivity contribution is 0.243. The summed E-state index contributed by atoms with van der Waals surface area (Å²) in [7, 11) is 0. The van der Waals surface area contributed by atoms with Crippen LogP contribution >= 0.6 is 0 Å². The van der Waals surface area contributed by atoms with Crippen LogP contribution in [0.5, 0.6) is 0 Å². The molecule has 3 aromatic rings. The number of nitrogen functional groups attached to an aromatic ring is 1. The number of anilines is 2. The topological polar surface area (TPSA) is 71.2 Å². The van der Waals surface area contributed by atoms with E-state index in [1.807, 2.05) is 45.9 Å². The maximum atomic E-state index is 5.93. The largest absolute Gasteiger partial charge is 0.369 e. The van der Waals surface area contributed by atoms with E-state index in [1.165, 1.54) is 11.3 Å². The minimum absolute atomic E-state index is 0.300. The third-order valence-corrected chi connectivity index (χ3v) is 4.81. The van der Waals surface area contributed by atoms with Gasteiger partial charge in [0.25, 0.3) is 0 Å². The van der Waals surface area contributed by atoms with Gasteiger partial charge in [0.2, 0.25) is 5.95 Å². The van der Waals surface area contributed by atoms with Gasteiger partial charge in [0, 0.05) is 38.3 Å².